The normalized spacial score (nSPS) is 31.3. The molecular formula is C32H36ClN3O5S. The van der Waals surface area contributed by atoms with Crippen molar-refractivity contribution in [2.45, 2.75) is 68.1 Å². The first kappa shape index (κ1) is 29.0. The highest BCUT2D eigenvalue weighted by atomic mass is 35.5. The number of allylic oxidation sites excluding steroid dienone is 1. The van der Waals surface area contributed by atoms with E-state index in [1.54, 1.807) is 30.4 Å². The largest absolute Gasteiger partial charge is 0.490 e. The number of ether oxygens (including phenoxy) is 1. The third-order valence-corrected chi connectivity index (χ3v) is 11.6. The molecule has 2 heterocycles. The molecule has 10 heteroatoms. The highest BCUT2D eigenvalue weighted by molar-refractivity contribution is 7.90. The van der Waals surface area contributed by atoms with Crippen molar-refractivity contribution in [2.24, 2.45) is 11.8 Å². The second-order valence-corrected chi connectivity index (χ2v) is 14.6. The zero-order chi connectivity index (χ0) is 29.5. The summed E-state index contributed by atoms with van der Waals surface area (Å²) < 4.78 is 35.0. The highest BCUT2D eigenvalue weighted by Gasteiger charge is 2.44. The van der Waals surface area contributed by atoms with Crippen LogP contribution < -0.4 is 14.4 Å². The van der Waals surface area contributed by atoms with Crippen LogP contribution in [0.3, 0.4) is 0 Å². The fourth-order valence-corrected chi connectivity index (χ4v) is 8.69. The third-order valence-electron chi connectivity index (χ3n) is 9.65. The van der Waals surface area contributed by atoms with Crippen LogP contribution in [-0.4, -0.2) is 50.5 Å². The molecule has 1 spiro atoms. The Morgan fingerprint density at radius 2 is 2.05 bits per heavy atom. The molecule has 0 unspecified atom stereocenters. The van der Waals surface area contributed by atoms with Gasteiger partial charge in [-0.15, -0.1) is 0 Å². The van der Waals surface area contributed by atoms with E-state index in [-0.39, 0.29) is 35.7 Å². The molecule has 0 saturated heterocycles. The Labute approximate surface area is 252 Å². The van der Waals surface area contributed by atoms with E-state index in [2.05, 4.69) is 21.8 Å². The molecule has 1 fully saturated rings. The van der Waals surface area contributed by atoms with Gasteiger partial charge in [-0.25, -0.2) is 13.1 Å². The van der Waals surface area contributed by atoms with Crippen molar-refractivity contribution in [3.8, 4) is 11.8 Å². The number of aliphatic hydroxyl groups is 1. The van der Waals surface area contributed by atoms with Gasteiger partial charge in [0.2, 0.25) is 10.0 Å². The van der Waals surface area contributed by atoms with Gasteiger partial charge in [-0.05, 0) is 98.2 Å². The summed E-state index contributed by atoms with van der Waals surface area (Å²) in [6, 6.07) is 13.1. The minimum absolute atomic E-state index is 0.0836. The fourth-order valence-electron chi connectivity index (χ4n) is 7.21. The number of nitrogens with one attached hydrogen (secondary N) is 1. The topological polar surface area (TPSA) is 120 Å². The van der Waals surface area contributed by atoms with E-state index in [4.69, 9.17) is 16.3 Å². The van der Waals surface area contributed by atoms with Gasteiger partial charge >= 0.3 is 0 Å². The fraction of sp³-hybridized carbons (Fsp3) is 0.500. The Morgan fingerprint density at radius 3 is 2.83 bits per heavy atom. The number of nitriles is 1. The molecule has 2 aliphatic heterocycles. The Kier molecular flexibility index (Phi) is 7.99. The van der Waals surface area contributed by atoms with Gasteiger partial charge in [-0.1, -0.05) is 29.8 Å². The van der Waals surface area contributed by atoms with Gasteiger partial charge in [-0.2, -0.15) is 5.26 Å². The van der Waals surface area contributed by atoms with Crippen LogP contribution in [0.25, 0.3) is 0 Å². The molecule has 4 aliphatic rings. The lowest BCUT2D eigenvalue weighted by atomic mass is 9.68. The van der Waals surface area contributed by atoms with Gasteiger partial charge < -0.3 is 14.7 Å². The van der Waals surface area contributed by atoms with Crippen molar-refractivity contribution in [1.82, 2.24) is 4.72 Å². The maximum Gasteiger partial charge on any atom is 0.264 e. The Bertz CT molecular complexity index is 1550. The number of aliphatic hydroxyl groups excluding tert-OH is 1. The monoisotopic (exact) mass is 609 g/mol. The number of fused-ring (bicyclic) bond motifs is 4. The molecular weight excluding hydrogens is 574 g/mol. The summed E-state index contributed by atoms with van der Waals surface area (Å²) in [5.41, 5.74) is 3.14. The van der Waals surface area contributed by atoms with Crippen molar-refractivity contribution in [3.63, 3.8) is 0 Å². The molecule has 0 radical (unpaired) electrons. The summed E-state index contributed by atoms with van der Waals surface area (Å²) >= 11 is 6.37. The number of rotatable bonds is 1. The van der Waals surface area contributed by atoms with Crippen LogP contribution in [0.5, 0.6) is 5.75 Å². The summed E-state index contributed by atoms with van der Waals surface area (Å²) in [7, 11) is -4.11. The number of carbonyl (C=O) groups is 1. The molecule has 2 aromatic carbocycles. The number of sulfonamides is 1. The van der Waals surface area contributed by atoms with Gasteiger partial charge in [0.1, 0.15) is 5.75 Å². The average molecular weight is 610 g/mol. The quantitative estimate of drug-likeness (QED) is 0.442. The standard InChI is InChI=1S/C32H36ClN3O5S/c33-24-9-11-27-21(16-24)4-3-14-32(27)19-36-18-23-7-10-26(23)29(37)6-2-1-5-25(13-15-34)42(39,40)35-31(38)22-8-12-30(41-20-32)28(36)17-22/h2,6,8-9,11-12,16-17,23,25-26,29,37H,1,3-5,7,10,13-14,18-20H2,(H,35,38)/b6-2-/t23-,25+,26+,29-,32-/m0/s1. The van der Waals surface area contributed by atoms with E-state index < -0.39 is 27.3 Å². The molecule has 8 nitrogen and oxygen atoms in total. The predicted molar refractivity (Wildman–Crippen MR) is 161 cm³/mol. The molecule has 2 N–H and O–H groups in total. The van der Waals surface area contributed by atoms with Crippen LogP contribution in [0.4, 0.5) is 5.69 Å². The Hall–Kier alpha value is -3.06. The lowest BCUT2D eigenvalue weighted by Gasteiger charge is -2.45. The smallest absolute Gasteiger partial charge is 0.264 e. The van der Waals surface area contributed by atoms with Crippen molar-refractivity contribution >= 4 is 33.2 Å². The molecule has 6 rings (SSSR count). The molecule has 1 amide bonds. The van der Waals surface area contributed by atoms with Crippen LogP contribution >= 0.6 is 11.6 Å². The molecule has 2 aliphatic carbocycles. The number of amides is 1. The molecule has 2 bridgehead atoms. The Balaban J connectivity index is 1.42. The number of hydrogen-bond donors (Lipinski definition) is 2. The van der Waals surface area contributed by atoms with Crippen molar-refractivity contribution < 1.29 is 23.1 Å². The second kappa shape index (κ2) is 11.6. The SMILES string of the molecule is N#CC[C@H]1CC/C=C\[C@H](O)[C@@H]2CC[C@H]2CN2C[C@@]3(CCCc4cc(Cl)ccc43)COc3ccc(cc32)C(=O)NS1(=O)=O. The average Bonchev–Trinajstić information content (AvgIpc) is 3.09. The number of hydrogen-bond acceptors (Lipinski definition) is 7. The summed E-state index contributed by atoms with van der Waals surface area (Å²) in [6.07, 6.45) is 8.05. The second-order valence-electron chi connectivity index (χ2n) is 12.2. The number of nitrogens with zero attached hydrogens (tertiary/aromatic N) is 2. The summed E-state index contributed by atoms with van der Waals surface area (Å²) in [5, 5.41) is 20.0. The van der Waals surface area contributed by atoms with E-state index in [1.165, 1.54) is 11.1 Å². The zero-order valence-corrected chi connectivity index (χ0v) is 25.0. The van der Waals surface area contributed by atoms with Gasteiger partial charge in [0.05, 0.1) is 36.1 Å². The predicted octanol–water partition coefficient (Wildman–Crippen LogP) is 4.89. The van der Waals surface area contributed by atoms with E-state index >= 15 is 0 Å². The van der Waals surface area contributed by atoms with E-state index in [0.29, 0.717) is 31.9 Å². The lowest BCUT2D eigenvalue weighted by Crippen LogP contribution is -2.49. The number of aryl methyl sites for hydroxylation is 1. The summed E-state index contributed by atoms with van der Waals surface area (Å²) in [5.74, 6) is 0.252. The van der Waals surface area contributed by atoms with Crippen LogP contribution in [0, 0.1) is 23.2 Å². The van der Waals surface area contributed by atoms with Crippen LogP contribution in [0.15, 0.2) is 48.6 Å². The van der Waals surface area contributed by atoms with Crippen molar-refractivity contribution in [2.75, 3.05) is 24.6 Å². The van der Waals surface area contributed by atoms with Crippen LogP contribution in [0.1, 0.15) is 66.4 Å². The van der Waals surface area contributed by atoms with E-state index in [9.17, 15) is 23.6 Å². The van der Waals surface area contributed by atoms with Gasteiger partial charge in [0.25, 0.3) is 5.91 Å². The van der Waals surface area contributed by atoms with E-state index in [0.717, 1.165) is 42.8 Å². The molecule has 5 atom stereocenters. The molecule has 1 saturated carbocycles. The van der Waals surface area contributed by atoms with Gasteiger partial charge in [0.15, 0.2) is 0 Å². The number of carbonyl (C=O) groups excluding carboxylic acids is 1. The maximum atomic E-state index is 13.3. The highest BCUT2D eigenvalue weighted by Crippen LogP contribution is 2.46. The molecule has 0 aromatic heterocycles. The first-order chi connectivity index (χ1) is 20.2. The minimum atomic E-state index is -4.11. The first-order valence-electron chi connectivity index (χ1n) is 14.8. The van der Waals surface area contributed by atoms with Crippen LogP contribution in [-0.2, 0) is 21.9 Å². The maximum absolute atomic E-state index is 13.3. The molecule has 42 heavy (non-hydrogen) atoms. The number of anilines is 1. The van der Waals surface area contributed by atoms with Gasteiger partial charge in [-0.3, -0.25) is 4.79 Å². The summed E-state index contributed by atoms with van der Waals surface area (Å²) in [4.78, 5) is 15.6. The minimum Gasteiger partial charge on any atom is -0.490 e. The molecule has 2 aromatic rings. The zero-order valence-electron chi connectivity index (χ0n) is 23.5. The summed E-state index contributed by atoms with van der Waals surface area (Å²) in [6.45, 7) is 1.82. The Morgan fingerprint density at radius 1 is 1.19 bits per heavy atom. The number of halogens is 1. The lowest BCUT2D eigenvalue weighted by molar-refractivity contribution is 0.0456. The first-order valence-corrected chi connectivity index (χ1v) is 16.7. The van der Waals surface area contributed by atoms with Gasteiger partial charge in [0, 0.05) is 29.1 Å². The number of benzene rings is 2. The van der Waals surface area contributed by atoms with Crippen LogP contribution in [0.2, 0.25) is 5.02 Å². The van der Waals surface area contributed by atoms with E-state index in [1.807, 2.05) is 12.1 Å². The van der Waals surface area contributed by atoms with Crippen molar-refractivity contribution in [1.29, 1.82) is 5.26 Å². The van der Waals surface area contributed by atoms with Crippen molar-refractivity contribution in [3.05, 3.63) is 70.3 Å². The molecule has 222 valence electrons. The third kappa shape index (κ3) is 5.52.